The number of hydrogen-bond acceptors (Lipinski definition) is 3. The van der Waals surface area contributed by atoms with Crippen LogP contribution < -0.4 is 4.74 Å². The zero-order valence-corrected chi connectivity index (χ0v) is 15.6. The molecule has 1 heterocycles. The first-order valence-electron chi connectivity index (χ1n) is 8.85. The Hall–Kier alpha value is -2.82. The molecule has 2 aromatic carbocycles. The summed E-state index contributed by atoms with van der Waals surface area (Å²) < 4.78 is 8.19. The number of carbonyl (C=O) groups is 1. The van der Waals surface area contributed by atoms with Crippen LogP contribution in [0.2, 0.25) is 0 Å². The lowest BCUT2D eigenvalue weighted by atomic mass is 10.1. The van der Waals surface area contributed by atoms with E-state index in [-0.39, 0.29) is 11.6 Å². The van der Waals surface area contributed by atoms with Crippen molar-refractivity contribution in [3.05, 3.63) is 58.9 Å². The summed E-state index contributed by atoms with van der Waals surface area (Å²) >= 11 is 0. The highest BCUT2D eigenvalue weighted by Gasteiger charge is 2.17. The van der Waals surface area contributed by atoms with Crippen LogP contribution in [-0.2, 0) is 6.61 Å². The maximum Gasteiger partial charge on any atom is 0.335 e. The molecule has 5 nitrogen and oxygen atoms in total. The fraction of sp³-hybridized carbons (Fsp3) is 0.333. The monoisotopic (exact) mass is 352 g/mol. The van der Waals surface area contributed by atoms with Crippen LogP contribution in [0, 0.1) is 13.8 Å². The van der Waals surface area contributed by atoms with E-state index in [1.54, 1.807) is 12.1 Å². The number of imidazole rings is 1. The molecule has 3 rings (SSSR count). The van der Waals surface area contributed by atoms with Gasteiger partial charge in [0.15, 0.2) is 0 Å². The second-order valence-corrected chi connectivity index (χ2v) is 6.65. The third-order valence-electron chi connectivity index (χ3n) is 4.95. The average molecular weight is 352 g/mol. The number of carboxylic acids is 1. The van der Waals surface area contributed by atoms with Gasteiger partial charge in [-0.1, -0.05) is 19.1 Å². The van der Waals surface area contributed by atoms with Crippen LogP contribution in [0.5, 0.6) is 5.75 Å². The van der Waals surface area contributed by atoms with Gasteiger partial charge in [0.05, 0.1) is 16.6 Å². The van der Waals surface area contributed by atoms with Crippen molar-refractivity contribution in [1.82, 2.24) is 9.55 Å². The van der Waals surface area contributed by atoms with Gasteiger partial charge in [-0.25, -0.2) is 9.78 Å². The van der Waals surface area contributed by atoms with Crippen molar-refractivity contribution in [2.45, 2.75) is 46.8 Å². The zero-order chi connectivity index (χ0) is 18.8. The molecule has 0 aliphatic carbocycles. The summed E-state index contributed by atoms with van der Waals surface area (Å²) in [5, 5.41) is 9.23. The van der Waals surface area contributed by atoms with Crippen molar-refractivity contribution in [2.75, 3.05) is 0 Å². The van der Waals surface area contributed by atoms with Crippen LogP contribution >= 0.6 is 0 Å². The van der Waals surface area contributed by atoms with Gasteiger partial charge < -0.3 is 14.4 Å². The number of carboxylic acid groups (broad SMARTS) is 1. The molecule has 5 heteroatoms. The summed E-state index contributed by atoms with van der Waals surface area (Å²) in [5.41, 5.74) is 4.16. The van der Waals surface area contributed by atoms with Crippen LogP contribution in [0.25, 0.3) is 11.0 Å². The molecule has 0 saturated heterocycles. The number of aromatic carboxylic acids is 1. The molecule has 26 heavy (non-hydrogen) atoms. The molecule has 0 aliphatic rings. The lowest BCUT2D eigenvalue weighted by Gasteiger charge is -2.17. The van der Waals surface area contributed by atoms with Gasteiger partial charge in [-0.05, 0) is 62.6 Å². The van der Waals surface area contributed by atoms with Crippen molar-refractivity contribution < 1.29 is 14.6 Å². The molecule has 136 valence electrons. The van der Waals surface area contributed by atoms with E-state index in [2.05, 4.69) is 36.4 Å². The minimum atomic E-state index is -0.946. The van der Waals surface area contributed by atoms with Gasteiger partial charge in [-0.2, -0.15) is 0 Å². The molecule has 0 radical (unpaired) electrons. The second kappa shape index (κ2) is 7.20. The molecule has 0 amide bonds. The maximum absolute atomic E-state index is 11.2. The number of nitrogens with zero attached hydrogens (tertiary/aromatic N) is 2. The van der Waals surface area contributed by atoms with Crippen LogP contribution in [-0.4, -0.2) is 20.6 Å². The Labute approximate surface area is 153 Å². The quantitative estimate of drug-likeness (QED) is 0.685. The Balaban J connectivity index is 2.00. The van der Waals surface area contributed by atoms with E-state index >= 15 is 0 Å². The van der Waals surface area contributed by atoms with E-state index < -0.39 is 5.97 Å². The highest BCUT2D eigenvalue weighted by atomic mass is 16.5. The second-order valence-electron chi connectivity index (χ2n) is 6.65. The van der Waals surface area contributed by atoms with Crippen LogP contribution in [0.4, 0.5) is 0 Å². The third-order valence-corrected chi connectivity index (χ3v) is 4.95. The Morgan fingerprint density at radius 1 is 1.27 bits per heavy atom. The fourth-order valence-electron chi connectivity index (χ4n) is 3.08. The first-order valence-corrected chi connectivity index (χ1v) is 8.85. The number of benzene rings is 2. The Morgan fingerprint density at radius 2 is 2.04 bits per heavy atom. The van der Waals surface area contributed by atoms with Crippen molar-refractivity contribution in [3.63, 3.8) is 0 Å². The van der Waals surface area contributed by atoms with E-state index in [1.165, 1.54) is 5.56 Å². The molecule has 0 spiro atoms. The molecular formula is C21H24N2O3. The Bertz CT molecular complexity index is 959. The van der Waals surface area contributed by atoms with Crippen molar-refractivity contribution in [3.8, 4) is 5.75 Å². The standard InChI is InChI=1S/C21H24N2O3/c1-5-14(3)23-18-10-9-16(21(24)25)11-17(18)22-20(23)12-26-19-8-6-7-13(2)15(19)4/h6-11,14H,5,12H2,1-4H3,(H,24,25). The Kier molecular flexibility index (Phi) is 4.98. The van der Waals surface area contributed by atoms with Gasteiger partial charge in [0, 0.05) is 6.04 Å². The summed E-state index contributed by atoms with van der Waals surface area (Å²) in [6.45, 7) is 8.70. The summed E-state index contributed by atoms with van der Waals surface area (Å²) in [7, 11) is 0. The largest absolute Gasteiger partial charge is 0.485 e. The topological polar surface area (TPSA) is 64.4 Å². The Morgan fingerprint density at radius 3 is 2.73 bits per heavy atom. The SMILES string of the molecule is CCC(C)n1c(COc2cccc(C)c2C)nc2cc(C(=O)O)ccc21. The summed E-state index contributed by atoms with van der Waals surface area (Å²) in [5.74, 6) is 0.704. The third kappa shape index (κ3) is 3.29. The maximum atomic E-state index is 11.2. The lowest BCUT2D eigenvalue weighted by molar-refractivity contribution is 0.0697. The van der Waals surface area contributed by atoms with Crippen LogP contribution in [0.15, 0.2) is 36.4 Å². The highest BCUT2D eigenvalue weighted by molar-refractivity contribution is 5.92. The molecule has 0 aliphatic heterocycles. The summed E-state index contributed by atoms with van der Waals surface area (Å²) in [6, 6.07) is 11.3. The lowest BCUT2D eigenvalue weighted by Crippen LogP contribution is -2.11. The molecular weight excluding hydrogens is 328 g/mol. The van der Waals surface area contributed by atoms with E-state index in [9.17, 15) is 9.90 Å². The average Bonchev–Trinajstić information content (AvgIpc) is 2.99. The first kappa shape index (κ1) is 18.0. The molecule has 1 unspecified atom stereocenters. The molecule has 1 atom stereocenters. The van der Waals surface area contributed by atoms with E-state index in [0.29, 0.717) is 12.1 Å². The molecule has 0 fully saturated rings. The summed E-state index contributed by atoms with van der Waals surface area (Å²) in [4.78, 5) is 15.9. The molecule has 1 N–H and O–H groups in total. The van der Waals surface area contributed by atoms with Crippen molar-refractivity contribution >= 4 is 17.0 Å². The van der Waals surface area contributed by atoms with Crippen molar-refractivity contribution in [1.29, 1.82) is 0 Å². The summed E-state index contributed by atoms with van der Waals surface area (Å²) in [6.07, 6.45) is 0.947. The number of aryl methyl sites for hydroxylation is 1. The van der Waals surface area contributed by atoms with Gasteiger partial charge in [0.1, 0.15) is 18.2 Å². The minimum Gasteiger partial charge on any atom is -0.485 e. The fourth-order valence-corrected chi connectivity index (χ4v) is 3.08. The molecule has 0 bridgehead atoms. The smallest absolute Gasteiger partial charge is 0.335 e. The molecule has 0 saturated carbocycles. The van der Waals surface area contributed by atoms with Crippen LogP contribution in [0.3, 0.4) is 0 Å². The number of rotatable bonds is 6. The van der Waals surface area contributed by atoms with Gasteiger partial charge in [0.25, 0.3) is 0 Å². The van der Waals surface area contributed by atoms with E-state index in [1.807, 2.05) is 25.1 Å². The van der Waals surface area contributed by atoms with Crippen molar-refractivity contribution in [2.24, 2.45) is 0 Å². The highest BCUT2D eigenvalue weighted by Crippen LogP contribution is 2.26. The normalized spacial score (nSPS) is 12.3. The van der Waals surface area contributed by atoms with E-state index in [0.717, 1.165) is 29.1 Å². The van der Waals surface area contributed by atoms with Gasteiger partial charge >= 0.3 is 5.97 Å². The van der Waals surface area contributed by atoms with Gasteiger partial charge in [-0.15, -0.1) is 0 Å². The predicted octanol–water partition coefficient (Wildman–Crippen LogP) is 4.90. The first-order chi connectivity index (χ1) is 12.4. The predicted molar refractivity (Wildman–Crippen MR) is 102 cm³/mol. The molecule has 3 aromatic rings. The number of ether oxygens (including phenoxy) is 1. The minimum absolute atomic E-state index is 0.243. The number of aromatic nitrogens is 2. The zero-order valence-electron chi connectivity index (χ0n) is 15.6. The van der Waals surface area contributed by atoms with E-state index in [4.69, 9.17) is 4.74 Å². The number of hydrogen-bond donors (Lipinski definition) is 1. The van der Waals surface area contributed by atoms with Crippen LogP contribution in [0.1, 0.15) is 53.6 Å². The van der Waals surface area contributed by atoms with Gasteiger partial charge in [0.2, 0.25) is 0 Å². The number of fused-ring (bicyclic) bond motifs is 1. The molecule has 1 aromatic heterocycles. The van der Waals surface area contributed by atoms with Gasteiger partial charge in [-0.3, -0.25) is 0 Å².